The highest BCUT2D eigenvalue weighted by Crippen LogP contribution is 2.25. The van der Waals surface area contributed by atoms with Gasteiger partial charge in [-0.1, -0.05) is 11.6 Å². The van der Waals surface area contributed by atoms with Crippen LogP contribution in [-0.4, -0.2) is 7.11 Å². The van der Waals surface area contributed by atoms with Gasteiger partial charge in [0.25, 0.3) is 0 Å². The molecule has 0 bridgehead atoms. The highest BCUT2D eigenvalue weighted by Gasteiger charge is 2.14. The van der Waals surface area contributed by atoms with Crippen LogP contribution in [0.4, 0.5) is 4.39 Å². The van der Waals surface area contributed by atoms with Crippen LogP contribution in [0.15, 0.2) is 30.4 Å². The third-order valence-corrected chi connectivity index (χ3v) is 2.64. The minimum Gasteiger partial charge on any atom is -0.497 e. The van der Waals surface area contributed by atoms with Gasteiger partial charge < -0.3 is 4.74 Å². The lowest BCUT2D eigenvalue weighted by Crippen LogP contribution is -2.28. The zero-order chi connectivity index (χ0) is 12.8. The molecule has 0 fully saturated rings. The van der Waals surface area contributed by atoms with E-state index in [1.807, 2.05) is 6.92 Å². The Morgan fingerprint density at radius 3 is 2.76 bits per heavy atom. The van der Waals surface area contributed by atoms with Gasteiger partial charge in [0.1, 0.15) is 11.6 Å². The van der Waals surface area contributed by atoms with Crippen molar-refractivity contribution in [1.29, 1.82) is 0 Å². The van der Waals surface area contributed by atoms with Crippen molar-refractivity contribution < 1.29 is 9.13 Å². The fraction of sp³-hybridized carbons (Fsp3) is 0.385. The molecule has 1 rings (SSSR count). The second-order valence-corrected chi connectivity index (χ2v) is 4.10. The van der Waals surface area contributed by atoms with Crippen molar-refractivity contribution in [1.82, 2.24) is 5.43 Å². The van der Waals surface area contributed by atoms with Crippen LogP contribution >= 0.6 is 0 Å². The van der Waals surface area contributed by atoms with E-state index in [2.05, 4.69) is 12.0 Å². The predicted octanol–water partition coefficient (Wildman–Crippen LogP) is 2.70. The quantitative estimate of drug-likeness (QED) is 0.455. The summed E-state index contributed by atoms with van der Waals surface area (Å²) >= 11 is 0. The van der Waals surface area contributed by atoms with E-state index in [0.29, 0.717) is 11.3 Å². The summed E-state index contributed by atoms with van der Waals surface area (Å²) in [5.41, 5.74) is 4.24. The topological polar surface area (TPSA) is 47.3 Å². The highest BCUT2D eigenvalue weighted by atomic mass is 19.1. The first kappa shape index (κ1) is 13.7. The maximum atomic E-state index is 13.8. The van der Waals surface area contributed by atoms with E-state index in [1.165, 1.54) is 13.2 Å². The number of ether oxygens (including phenoxy) is 1. The van der Waals surface area contributed by atoms with Crippen LogP contribution < -0.4 is 16.0 Å². The predicted molar refractivity (Wildman–Crippen MR) is 67.1 cm³/mol. The van der Waals surface area contributed by atoms with Crippen LogP contribution in [0.3, 0.4) is 0 Å². The maximum Gasteiger partial charge on any atom is 0.131 e. The molecule has 94 valence electrons. The molecule has 3 N–H and O–H groups in total. The summed E-state index contributed by atoms with van der Waals surface area (Å²) in [6.45, 7) is 5.76. The molecular weight excluding hydrogens is 219 g/mol. The summed E-state index contributed by atoms with van der Waals surface area (Å²) < 4.78 is 18.8. The van der Waals surface area contributed by atoms with Gasteiger partial charge in [0.2, 0.25) is 0 Å². The Morgan fingerprint density at radius 1 is 1.59 bits per heavy atom. The minimum absolute atomic E-state index is 0.211. The molecule has 0 saturated carbocycles. The number of hydrogen-bond acceptors (Lipinski definition) is 3. The Kier molecular flexibility index (Phi) is 5.12. The average Bonchev–Trinajstić information content (AvgIpc) is 2.31. The lowest BCUT2D eigenvalue weighted by Gasteiger charge is -2.17. The Balaban J connectivity index is 2.84. The van der Waals surface area contributed by atoms with Gasteiger partial charge in [-0.05, 0) is 25.8 Å². The SMILES string of the molecule is C=C(C)CCC(NN)c1ccc(OC)cc1F. The van der Waals surface area contributed by atoms with Crippen molar-refractivity contribution in [3.8, 4) is 5.75 Å². The number of nitrogens with one attached hydrogen (secondary N) is 1. The number of allylic oxidation sites excluding steroid dienone is 1. The third-order valence-electron chi connectivity index (χ3n) is 2.64. The normalized spacial score (nSPS) is 12.2. The first-order valence-corrected chi connectivity index (χ1v) is 5.52. The average molecular weight is 238 g/mol. The van der Waals surface area contributed by atoms with Crippen LogP contribution in [0.1, 0.15) is 31.4 Å². The van der Waals surface area contributed by atoms with Crippen molar-refractivity contribution in [2.24, 2.45) is 5.84 Å². The highest BCUT2D eigenvalue weighted by molar-refractivity contribution is 5.30. The smallest absolute Gasteiger partial charge is 0.131 e. The Labute approximate surface area is 101 Å². The fourth-order valence-electron chi connectivity index (χ4n) is 1.64. The zero-order valence-electron chi connectivity index (χ0n) is 10.3. The molecule has 0 aliphatic heterocycles. The lowest BCUT2D eigenvalue weighted by molar-refractivity contribution is 0.408. The van der Waals surface area contributed by atoms with Gasteiger partial charge in [0.05, 0.1) is 7.11 Å². The van der Waals surface area contributed by atoms with Gasteiger partial charge in [-0.3, -0.25) is 11.3 Å². The second kappa shape index (κ2) is 6.37. The summed E-state index contributed by atoms with van der Waals surface area (Å²) in [5.74, 6) is 5.64. The summed E-state index contributed by atoms with van der Waals surface area (Å²) in [7, 11) is 1.51. The van der Waals surface area contributed by atoms with Crippen LogP contribution in [0, 0.1) is 5.82 Å². The van der Waals surface area contributed by atoms with Gasteiger partial charge in [-0.25, -0.2) is 4.39 Å². The second-order valence-electron chi connectivity index (χ2n) is 4.10. The third kappa shape index (κ3) is 3.84. The molecule has 1 atom stereocenters. The molecule has 0 aromatic heterocycles. The molecule has 0 spiro atoms. The number of nitrogens with two attached hydrogens (primary N) is 1. The van der Waals surface area contributed by atoms with Crippen molar-refractivity contribution in [3.63, 3.8) is 0 Å². The van der Waals surface area contributed by atoms with Gasteiger partial charge >= 0.3 is 0 Å². The van der Waals surface area contributed by atoms with E-state index < -0.39 is 0 Å². The first-order valence-electron chi connectivity index (χ1n) is 5.52. The van der Waals surface area contributed by atoms with E-state index in [1.54, 1.807) is 12.1 Å². The summed E-state index contributed by atoms with van der Waals surface area (Å²) in [5, 5.41) is 0. The minimum atomic E-state index is -0.311. The van der Waals surface area contributed by atoms with E-state index in [9.17, 15) is 4.39 Å². The fourth-order valence-corrected chi connectivity index (χ4v) is 1.64. The molecule has 0 aliphatic carbocycles. The van der Waals surface area contributed by atoms with Crippen LogP contribution in [0.25, 0.3) is 0 Å². The number of hydrazine groups is 1. The van der Waals surface area contributed by atoms with E-state index >= 15 is 0 Å². The van der Waals surface area contributed by atoms with Crippen molar-refractivity contribution in [2.75, 3.05) is 7.11 Å². The van der Waals surface area contributed by atoms with Crippen molar-refractivity contribution in [3.05, 3.63) is 41.7 Å². The van der Waals surface area contributed by atoms with Gasteiger partial charge in [-0.15, -0.1) is 6.58 Å². The number of hydrogen-bond donors (Lipinski definition) is 2. The number of halogens is 1. The largest absolute Gasteiger partial charge is 0.497 e. The number of rotatable bonds is 6. The summed E-state index contributed by atoms with van der Waals surface area (Å²) in [6, 6.07) is 4.57. The van der Waals surface area contributed by atoms with Gasteiger partial charge in [0, 0.05) is 17.7 Å². The molecule has 1 aromatic carbocycles. The van der Waals surface area contributed by atoms with E-state index in [0.717, 1.165) is 18.4 Å². The number of benzene rings is 1. The van der Waals surface area contributed by atoms with Crippen molar-refractivity contribution in [2.45, 2.75) is 25.8 Å². The Bertz CT molecular complexity index is 393. The molecule has 1 aromatic rings. The van der Waals surface area contributed by atoms with Crippen LogP contribution in [0.2, 0.25) is 0 Å². The van der Waals surface area contributed by atoms with Crippen LogP contribution in [-0.2, 0) is 0 Å². The standard InChI is InChI=1S/C13H19FN2O/c1-9(2)4-7-13(16-15)11-6-5-10(17-3)8-12(11)14/h5-6,8,13,16H,1,4,7,15H2,2-3H3. The Hall–Kier alpha value is -1.39. The molecule has 0 saturated heterocycles. The molecular formula is C13H19FN2O. The molecule has 0 heterocycles. The molecule has 0 aliphatic rings. The maximum absolute atomic E-state index is 13.8. The molecule has 0 amide bonds. The van der Waals surface area contributed by atoms with E-state index in [-0.39, 0.29) is 11.9 Å². The molecule has 0 radical (unpaired) electrons. The monoisotopic (exact) mass is 238 g/mol. The van der Waals surface area contributed by atoms with Crippen LogP contribution in [0.5, 0.6) is 5.75 Å². The summed E-state index contributed by atoms with van der Waals surface area (Å²) in [6.07, 6.45) is 1.52. The molecule has 17 heavy (non-hydrogen) atoms. The molecule has 4 heteroatoms. The Morgan fingerprint density at radius 2 is 2.29 bits per heavy atom. The summed E-state index contributed by atoms with van der Waals surface area (Å²) in [4.78, 5) is 0. The molecule has 3 nitrogen and oxygen atoms in total. The van der Waals surface area contributed by atoms with E-state index in [4.69, 9.17) is 10.6 Å². The van der Waals surface area contributed by atoms with Crippen molar-refractivity contribution >= 4 is 0 Å². The lowest BCUT2D eigenvalue weighted by atomic mass is 10.00. The van der Waals surface area contributed by atoms with Gasteiger partial charge in [-0.2, -0.15) is 0 Å². The van der Waals surface area contributed by atoms with Gasteiger partial charge in [0.15, 0.2) is 0 Å². The molecule has 1 unspecified atom stereocenters. The number of methoxy groups -OCH3 is 1. The zero-order valence-corrected chi connectivity index (χ0v) is 10.3. The first-order chi connectivity index (χ1) is 8.08.